The van der Waals surface area contributed by atoms with Gasteiger partial charge in [0.1, 0.15) is 0 Å². The van der Waals surface area contributed by atoms with Crippen LogP contribution in [0, 0.1) is 12.3 Å². The summed E-state index contributed by atoms with van der Waals surface area (Å²) >= 11 is 0. The number of rotatable bonds is 6. The standard InChI is InChI=1S/C19H23NO3S/c1-14-8-10-16(11-9-14)24(21,22)18-17(15-6-4-3-5-7-15)19(18,12-20)13-23-2/h3-11,17-18H,12-13,20H2,1-2H3/t17-,18+,19+/m1/s1. The van der Waals surface area contributed by atoms with E-state index in [0.29, 0.717) is 11.5 Å². The van der Waals surface area contributed by atoms with Crippen LogP contribution in [0.3, 0.4) is 0 Å². The van der Waals surface area contributed by atoms with Gasteiger partial charge in [-0.15, -0.1) is 0 Å². The van der Waals surface area contributed by atoms with Crippen LogP contribution in [0.5, 0.6) is 0 Å². The van der Waals surface area contributed by atoms with Crippen molar-refractivity contribution in [1.29, 1.82) is 0 Å². The van der Waals surface area contributed by atoms with Crippen LogP contribution in [0.1, 0.15) is 17.0 Å². The Morgan fingerprint density at radius 3 is 2.25 bits per heavy atom. The summed E-state index contributed by atoms with van der Waals surface area (Å²) in [5.41, 5.74) is 7.49. The fourth-order valence-corrected chi connectivity index (χ4v) is 6.17. The van der Waals surface area contributed by atoms with Gasteiger partial charge in [0.05, 0.1) is 16.8 Å². The van der Waals surface area contributed by atoms with E-state index in [1.54, 1.807) is 19.2 Å². The minimum Gasteiger partial charge on any atom is -0.384 e. The van der Waals surface area contributed by atoms with Gasteiger partial charge in [-0.05, 0) is 24.6 Å². The molecule has 3 atom stereocenters. The Balaban J connectivity index is 2.05. The minimum atomic E-state index is -3.48. The third-order valence-electron chi connectivity index (χ3n) is 5.02. The summed E-state index contributed by atoms with van der Waals surface area (Å²) in [6.07, 6.45) is 0. The monoisotopic (exact) mass is 345 g/mol. The highest BCUT2D eigenvalue weighted by Crippen LogP contribution is 2.63. The van der Waals surface area contributed by atoms with Gasteiger partial charge in [0.2, 0.25) is 0 Å². The van der Waals surface area contributed by atoms with Gasteiger partial charge in [0, 0.05) is 25.0 Å². The zero-order chi connectivity index (χ0) is 17.4. The van der Waals surface area contributed by atoms with Gasteiger partial charge in [0.25, 0.3) is 0 Å². The normalized spacial score (nSPS) is 26.3. The summed E-state index contributed by atoms with van der Waals surface area (Å²) < 4.78 is 31.8. The second-order valence-electron chi connectivity index (χ2n) is 6.54. The van der Waals surface area contributed by atoms with E-state index < -0.39 is 20.5 Å². The highest BCUT2D eigenvalue weighted by atomic mass is 32.2. The molecular weight excluding hydrogens is 322 g/mol. The van der Waals surface area contributed by atoms with Crippen molar-refractivity contribution in [3.05, 3.63) is 65.7 Å². The van der Waals surface area contributed by atoms with E-state index in [-0.39, 0.29) is 12.5 Å². The zero-order valence-corrected chi connectivity index (χ0v) is 14.8. The smallest absolute Gasteiger partial charge is 0.182 e. The molecule has 0 amide bonds. The van der Waals surface area contributed by atoms with E-state index >= 15 is 0 Å². The average Bonchev–Trinajstić information content (AvgIpc) is 3.26. The average molecular weight is 345 g/mol. The fourth-order valence-electron chi connectivity index (χ4n) is 3.73. The third-order valence-corrected chi connectivity index (χ3v) is 7.35. The maximum Gasteiger partial charge on any atom is 0.182 e. The highest BCUT2D eigenvalue weighted by Gasteiger charge is 2.70. The second-order valence-corrected chi connectivity index (χ2v) is 8.61. The molecule has 2 aromatic rings. The molecule has 128 valence electrons. The van der Waals surface area contributed by atoms with E-state index in [1.807, 2.05) is 49.4 Å². The first-order valence-electron chi connectivity index (χ1n) is 8.02. The summed E-state index contributed by atoms with van der Waals surface area (Å²) in [6.45, 7) is 2.55. The predicted octanol–water partition coefficient (Wildman–Crippen LogP) is 2.53. The molecule has 0 spiro atoms. The number of nitrogens with two attached hydrogens (primary N) is 1. The Labute approximate surface area is 143 Å². The largest absolute Gasteiger partial charge is 0.384 e. The van der Waals surface area contributed by atoms with Crippen molar-refractivity contribution >= 4 is 9.84 Å². The van der Waals surface area contributed by atoms with Gasteiger partial charge in [-0.25, -0.2) is 8.42 Å². The van der Waals surface area contributed by atoms with Crippen molar-refractivity contribution in [3.8, 4) is 0 Å². The molecule has 1 aliphatic rings. The molecule has 2 N–H and O–H groups in total. The van der Waals surface area contributed by atoms with E-state index in [2.05, 4.69) is 0 Å². The van der Waals surface area contributed by atoms with E-state index in [1.165, 1.54) is 0 Å². The zero-order valence-electron chi connectivity index (χ0n) is 14.0. The van der Waals surface area contributed by atoms with Gasteiger partial charge in [-0.2, -0.15) is 0 Å². The summed E-state index contributed by atoms with van der Waals surface area (Å²) in [4.78, 5) is 0.352. The lowest BCUT2D eigenvalue weighted by molar-refractivity contribution is 0.142. The number of sulfone groups is 1. The number of aryl methyl sites for hydroxylation is 1. The molecular formula is C19H23NO3S. The predicted molar refractivity (Wildman–Crippen MR) is 94.7 cm³/mol. The van der Waals surface area contributed by atoms with Gasteiger partial charge in [-0.1, -0.05) is 48.0 Å². The SMILES string of the molecule is COC[C@@]1(CN)[C@H](c2ccccc2)[C@@H]1S(=O)(=O)c1ccc(C)cc1. The van der Waals surface area contributed by atoms with Crippen molar-refractivity contribution in [2.75, 3.05) is 20.3 Å². The first kappa shape index (κ1) is 17.1. The quantitative estimate of drug-likeness (QED) is 0.873. The van der Waals surface area contributed by atoms with Crippen molar-refractivity contribution in [2.45, 2.75) is 23.0 Å². The lowest BCUT2D eigenvalue weighted by Crippen LogP contribution is -2.28. The van der Waals surface area contributed by atoms with Crippen LogP contribution in [-0.2, 0) is 14.6 Å². The van der Waals surface area contributed by atoms with E-state index in [4.69, 9.17) is 10.5 Å². The van der Waals surface area contributed by atoms with Crippen molar-refractivity contribution < 1.29 is 13.2 Å². The van der Waals surface area contributed by atoms with Crippen LogP contribution in [0.15, 0.2) is 59.5 Å². The lowest BCUT2D eigenvalue weighted by Gasteiger charge is -2.15. The molecule has 24 heavy (non-hydrogen) atoms. The molecule has 1 aliphatic carbocycles. The lowest BCUT2D eigenvalue weighted by atomic mass is 10.0. The summed E-state index contributed by atoms with van der Waals surface area (Å²) in [6, 6.07) is 16.7. The van der Waals surface area contributed by atoms with Crippen LogP contribution >= 0.6 is 0 Å². The molecule has 4 nitrogen and oxygen atoms in total. The van der Waals surface area contributed by atoms with Crippen LogP contribution in [0.25, 0.3) is 0 Å². The maximum atomic E-state index is 13.2. The molecule has 0 radical (unpaired) electrons. The van der Waals surface area contributed by atoms with Crippen molar-refractivity contribution in [1.82, 2.24) is 0 Å². The van der Waals surface area contributed by atoms with Crippen molar-refractivity contribution in [3.63, 3.8) is 0 Å². The first-order valence-corrected chi connectivity index (χ1v) is 9.56. The minimum absolute atomic E-state index is 0.144. The van der Waals surface area contributed by atoms with Crippen LogP contribution < -0.4 is 5.73 Å². The molecule has 5 heteroatoms. The molecule has 0 saturated heterocycles. The molecule has 0 unspecified atom stereocenters. The molecule has 0 aromatic heterocycles. The molecule has 0 heterocycles. The van der Waals surface area contributed by atoms with E-state index in [0.717, 1.165) is 11.1 Å². The third kappa shape index (κ3) is 2.66. The fraction of sp³-hybridized carbons (Fsp3) is 0.368. The Morgan fingerprint density at radius 2 is 1.71 bits per heavy atom. The van der Waals surface area contributed by atoms with Gasteiger partial charge < -0.3 is 10.5 Å². The number of hydrogen-bond acceptors (Lipinski definition) is 4. The summed E-state index contributed by atoms with van der Waals surface area (Å²) in [7, 11) is -1.89. The molecule has 1 fully saturated rings. The molecule has 1 saturated carbocycles. The Bertz CT molecular complexity index is 802. The van der Waals surface area contributed by atoms with Crippen LogP contribution in [0.2, 0.25) is 0 Å². The first-order chi connectivity index (χ1) is 11.5. The molecule has 0 aliphatic heterocycles. The topological polar surface area (TPSA) is 69.4 Å². The van der Waals surface area contributed by atoms with E-state index in [9.17, 15) is 8.42 Å². The molecule has 0 bridgehead atoms. The summed E-state index contributed by atoms with van der Waals surface area (Å²) in [5, 5.41) is -0.556. The summed E-state index contributed by atoms with van der Waals surface area (Å²) in [5.74, 6) is -0.144. The van der Waals surface area contributed by atoms with Crippen LogP contribution in [0.4, 0.5) is 0 Å². The molecule has 3 rings (SSSR count). The second kappa shape index (κ2) is 6.31. The van der Waals surface area contributed by atoms with Gasteiger partial charge >= 0.3 is 0 Å². The number of ether oxygens (including phenoxy) is 1. The number of methoxy groups -OCH3 is 1. The van der Waals surface area contributed by atoms with Crippen LogP contribution in [-0.4, -0.2) is 33.9 Å². The van der Waals surface area contributed by atoms with Gasteiger partial charge in [0.15, 0.2) is 9.84 Å². The Hall–Kier alpha value is -1.69. The Morgan fingerprint density at radius 1 is 1.08 bits per heavy atom. The van der Waals surface area contributed by atoms with Gasteiger partial charge in [-0.3, -0.25) is 0 Å². The highest BCUT2D eigenvalue weighted by molar-refractivity contribution is 7.92. The number of hydrogen-bond donors (Lipinski definition) is 1. The Kier molecular flexibility index (Phi) is 4.51. The maximum absolute atomic E-state index is 13.2. The number of benzene rings is 2. The van der Waals surface area contributed by atoms with Crippen molar-refractivity contribution in [2.24, 2.45) is 11.1 Å². The molecule has 2 aromatic carbocycles.